The maximum atomic E-state index is 10.6. The number of hydrogen-bond donors (Lipinski definition) is 1. The van der Waals surface area contributed by atoms with Crippen LogP contribution in [-0.4, -0.2) is 36.6 Å². The number of nitrogens with zero attached hydrogens (tertiary/aromatic N) is 4. The molecule has 1 atom stereocenters. The number of aromatic nitrogens is 4. The molecule has 100 valence electrons. The van der Waals surface area contributed by atoms with Gasteiger partial charge in [0.15, 0.2) is 5.16 Å². The molecule has 0 aliphatic heterocycles. The number of carboxylic acids is 1. The summed E-state index contributed by atoms with van der Waals surface area (Å²) in [5, 5.41) is 17.4. The summed E-state index contributed by atoms with van der Waals surface area (Å²) in [6, 6.07) is 3.86. The highest BCUT2D eigenvalue weighted by Gasteiger charge is 2.17. The van der Waals surface area contributed by atoms with Gasteiger partial charge in [-0.2, -0.15) is 0 Å². The normalized spacial score (nSPS) is 12.3. The van der Waals surface area contributed by atoms with Crippen LogP contribution in [0.3, 0.4) is 0 Å². The highest BCUT2D eigenvalue weighted by molar-refractivity contribution is 7.99. The highest BCUT2D eigenvalue weighted by atomic mass is 32.2. The number of aliphatic carboxylic acids is 1. The zero-order chi connectivity index (χ0) is 13.8. The minimum absolute atomic E-state index is 0.0139. The van der Waals surface area contributed by atoms with E-state index in [0.717, 1.165) is 11.4 Å². The quantitative estimate of drug-likeness (QED) is 0.839. The van der Waals surface area contributed by atoms with Gasteiger partial charge in [-0.3, -0.25) is 14.3 Å². The zero-order valence-electron chi connectivity index (χ0n) is 10.6. The van der Waals surface area contributed by atoms with Gasteiger partial charge in [0, 0.05) is 12.4 Å². The molecule has 0 spiro atoms. The predicted octanol–water partition coefficient (Wildman–Crippen LogP) is 1.77. The van der Waals surface area contributed by atoms with Crippen LogP contribution >= 0.6 is 11.8 Å². The van der Waals surface area contributed by atoms with E-state index in [1.54, 1.807) is 12.4 Å². The van der Waals surface area contributed by atoms with Crippen LogP contribution in [0.4, 0.5) is 0 Å². The Kier molecular flexibility index (Phi) is 4.16. The lowest BCUT2D eigenvalue weighted by molar-refractivity contribution is -0.133. The molecule has 7 heteroatoms. The lowest BCUT2D eigenvalue weighted by Gasteiger charge is -2.16. The molecule has 0 saturated heterocycles. The second-order valence-corrected chi connectivity index (χ2v) is 4.99. The van der Waals surface area contributed by atoms with Gasteiger partial charge in [0.05, 0.1) is 11.8 Å². The monoisotopic (exact) mass is 278 g/mol. The molecule has 0 amide bonds. The molecular formula is C12H14N4O2S. The SMILES string of the molecule is Cc1nnc(SCC(=O)O)n1C(C)c1cccnc1. The van der Waals surface area contributed by atoms with E-state index in [1.165, 1.54) is 11.8 Å². The summed E-state index contributed by atoms with van der Waals surface area (Å²) in [4.78, 5) is 14.7. The maximum Gasteiger partial charge on any atom is 0.313 e. The van der Waals surface area contributed by atoms with Crippen LogP contribution in [0.1, 0.15) is 24.4 Å². The largest absolute Gasteiger partial charge is 0.481 e. The molecule has 2 rings (SSSR count). The van der Waals surface area contributed by atoms with E-state index in [2.05, 4.69) is 15.2 Å². The summed E-state index contributed by atoms with van der Waals surface area (Å²) in [6.07, 6.45) is 3.51. The maximum absolute atomic E-state index is 10.6. The van der Waals surface area contributed by atoms with Crippen LogP contribution in [0.2, 0.25) is 0 Å². The molecule has 2 aromatic heterocycles. The van der Waals surface area contributed by atoms with Gasteiger partial charge >= 0.3 is 5.97 Å². The van der Waals surface area contributed by atoms with Gasteiger partial charge in [0.25, 0.3) is 0 Å². The minimum Gasteiger partial charge on any atom is -0.481 e. The Hall–Kier alpha value is -1.89. The summed E-state index contributed by atoms with van der Waals surface area (Å²) < 4.78 is 1.92. The molecule has 2 heterocycles. The van der Waals surface area contributed by atoms with Crippen LogP contribution in [-0.2, 0) is 4.79 Å². The van der Waals surface area contributed by atoms with Gasteiger partial charge < -0.3 is 5.11 Å². The third kappa shape index (κ3) is 3.11. The summed E-state index contributed by atoms with van der Waals surface area (Å²) >= 11 is 1.17. The Morgan fingerprint density at radius 3 is 2.95 bits per heavy atom. The number of hydrogen-bond acceptors (Lipinski definition) is 5. The summed E-state index contributed by atoms with van der Waals surface area (Å²) in [6.45, 7) is 3.86. The van der Waals surface area contributed by atoms with Crippen LogP contribution in [0.15, 0.2) is 29.7 Å². The average Bonchev–Trinajstić information content (AvgIpc) is 2.78. The fraction of sp³-hybridized carbons (Fsp3) is 0.333. The average molecular weight is 278 g/mol. The second-order valence-electron chi connectivity index (χ2n) is 4.04. The molecule has 0 aromatic carbocycles. The Labute approximate surface area is 114 Å². The molecule has 1 N–H and O–H groups in total. The van der Waals surface area contributed by atoms with Crippen molar-refractivity contribution in [2.75, 3.05) is 5.75 Å². The van der Waals surface area contributed by atoms with Crippen molar-refractivity contribution in [3.8, 4) is 0 Å². The van der Waals surface area contributed by atoms with Crippen LogP contribution in [0.5, 0.6) is 0 Å². The lowest BCUT2D eigenvalue weighted by Crippen LogP contribution is -2.11. The van der Waals surface area contributed by atoms with Gasteiger partial charge in [-0.25, -0.2) is 0 Å². The summed E-state index contributed by atoms with van der Waals surface area (Å²) in [5.74, 6) is -0.145. The Balaban J connectivity index is 2.28. The van der Waals surface area contributed by atoms with E-state index in [1.807, 2.05) is 30.5 Å². The summed E-state index contributed by atoms with van der Waals surface area (Å²) in [7, 11) is 0. The van der Waals surface area contributed by atoms with Gasteiger partial charge in [-0.05, 0) is 25.5 Å². The molecule has 1 unspecified atom stereocenters. The fourth-order valence-electron chi connectivity index (χ4n) is 1.79. The smallest absolute Gasteiger partial charge is 0.313 e. The molecule has 2 aromatic rings. The Morgan fingerprint density at radius 1 is 1.53 bits per heavy atom. The van der Waals surface area contributed by atoms with Crippen LogP contribution < -0.4 is 0 Å². The number of pyridine rings is 1. The Bertz CT molecular complexity index is 570. The third-order valence-corrected chi connectivity index (χ3v) is 3.64. The standard InChI is InChI=1S/C12H14N4O2S/c1-8(10-4-3-5-13-6-10)16-9(2)14-15-12(16)19-7-11(17)18/h3-6,8H,7H2,1-2H3,(H,17,18). The van der Waals surface area contributed by atoms with Crippen molar-refractivity contribution in [1.82, 2.24) is 19.7 Å². The van der Waals surface area contributed by atoms with Crippen molar-refractivity contribution >= 4 is 17.7 Å². The van der Waals surface area contributed by atoms with Crippen molar-refractivity contribution in [3.63, 3.8) is 0 Å². The van der Waals surface area contributed by atoms with Gasteiger partial charge in [0.1, 0.15) is 5.82 Å². The first-order valence-corrected chi connectivity index (χ1v) is 6.74. The number of carboxylic acid groups (broad SMARTS) is 1. The van der Waals surface area contributed by atoms with Crippen LogP contribution in [0.25, 0.3) is 0 Å². The molecule has 0 saturated carbocycles. The first-order valence-electron chi connectivity index (χ1n) is 5.75. The van der Waals surface area contributed by atoms with Gasteiger partial charge in [-0.15, -0.1) is 10.2 Å². The fourth-order valence-corrected chi connectivity index (χ4v) is 2.57. The van der Waals surface area contributed by atoms with Crippen molar-refractivity contribution in [1.29, 1.82) is 0 Å². The first-order chi connectivity index (χ1) is 9.09. The lowest BCUT2D eigenvalue weighted by atomic mass is 10.1. The zero-order valence-corrected chi connectivity index (χ0v) is 11.5. The van der Waals surface area contributed by atoms with Crippen LogP contribution in [0, 0.1) is 6.92 Å². The molecule has 0 bridgehead atoms. The molecule has 6 nitrogen and oxygen atoms in total. The number of aryl methyl sites for hydroxylation is 1. The molecule has 19 heavy (non-hydrogen) atoms. The Morgan fingerprint density at radius 2 is 2.32 bits per heavy atom. The van der Waals surface area contributed by atoms with Crippen molar-refractivity contribution < 1.29 is 9.90 Å². The third-order valence-electron chi connectivity index (χ3n) is 2.71. The van der Waals surface area contributed by atoms with E-state index < -0.39 is 5.97 Å². The minimum atomic E-state index is -0.869. The summed E-state index contributed by atoms with van der Waals surface area (Å²) in [5.41, 5.74) is 1.03. The van der Waals surface area contributed by atoms with E-state index >= 15 is 0 Å². The topological polar surface area (TPSA) is 80.9 Å². The van der Waals surface area contributed by atoms with Crippen molar-refractivity contribution in [3.05, 3.63) is 35.9 Å². The predicted molar refractivity (Wildman–Crippen MR) is 71.2 cm³/mol. The van der Waals surface area contributed by atoms with E-state index in [9.17, 15) is 4.79 Å². The number of rotatable bonds is 5. The first kappa shape index (κ1) is 13.5. The van der Waals surface area contributed by atoms with Gasteiger partial charge in [-0.1, -0.05) is 17.8 Å². The molecule has 0 fully saturated rings. The highest BCUT2D eigenvalue weighted by Crippen LogP contribution is 2.25. The van der Waals surface area contributed by atoms with E-state index in [-0.39, 0.29) is 11.8 Å². The number of carbonyl (C=O) groups is 1. The van der Waals surface area contributed by atoms with Crippen molar-refractivity contribution in [2.24, 2.45) is 0 Å². The van der Waals surface area contributed by atoms with Crippen molar-refractivity contribution in [2.45, 2.75) is 25.0 Å². The van der Waals surface area contributed by atoms with Gasteiger partial charge in [0.2, 0.25) is 0 Å². The molecule has 0 radical (unpaired) electrons. The molecular weight excluding hydrogens is 264 g/mol. The molecule has 0 aliphatic carbocycles. The van der Waals surface area contributed by atoms with E-state index in [0.29, 0.717) is 5.16 Å². The second kappa shape index (κ2) is 5.83. The number of thioether (sulfide) groups is 1. The molecule has 0 aliphatic rings. The van der Waals surface area contributed by atoms with E-state index in [4.69, 9.17) is 5.11 Å².